The van der Waals surface area contributed by atoms with Crippen LogP contribution < -0.4 is 0 Å². The molecule has 1 heterocycles. The zero-order valence-electron chi connectivity index (χ0n) is 13.8. The van der Waals surface area contributed by atoms with Gasteiger partial charge in [0.15, 0.2) is 0 Å². The zero-order chi connectivity index (χ0) is 17.5. The summed E-state index contributed by atoms with van der Waals surface area (Å²) in [7, 11) is 0. The lowest BCUT2D eigenvalue weighted by molar-refractivity contribution is 0.825. The first kappa shape index (κ1) is 15.1. The van der Waals surface area contributed by atoms with Crippen LogP contribution in [0.25, 0.3) is 38.6 Å². The molecule has 0 saturated heterocycles. The van der Waals surface area contributed by atoms with Gasteiger partial charge in [-0.3, -0.25) is 0 Å². The summed E-state index contributed by atoms with van der Waals surface area (Å²) in [5.41, 5.74) is 5.15. The van der Waals surface area contributed by atoms with Crippen LogP contribution in [0.5, 0.6) is 0 Å². The van der Waals surface area contributed by atoms with E-state index in [1.807, 2.05) is 35.0 Å². The Morgan fingerprint density at radius 3 is 2.19 bits per heavy atom. The van der Waals surface area contributed by atoms with Crippen LogP contribution in [0.3, 0.4) is 0 Å². The van der Waals surface area contributed by atoms with E-state index >= 15 is 0 Å². The topological polar surface area (TPSA) is 30.7 Å². The van der Waals surface area contributed by atoms with Crippen molar-refractivity contribution >= 4 is 33.4 Å². The summed E-state index contributed by atoms with van der Waals surface area (Å²) >= 11 is 6.03. The molecule has 1 aromatic heterocycles. The third kappa shape index (κ3) is 2.37. The summed E-state index contributed by atoms with van der Waals surface area (Å²) in [4.78, 5) is 0. The highest BCUT2D eigenvalue weighted by atomic mass is 35.5. The highest BCUT2D eigenvalue weighted by Crippen LogP contribution is 2.34. The van der Waals surface area contributed by atoms with Crippen molar-refractivity contribution in [3.63, 3.8) is 0 Å². The average molecular weight is 356 g/mol. The molecule has 0 atom stereocenters. The standard InChI is InChI=1S/C22H14ClN3/c23-16-10-12-17(13-11-16)26-22-19-9-5-4-8-18(19)20(14-21(22)24-25-26)15-6-2-1-3-7-15/h1-14H. The van der Waals surface area contributed by atoms with Crippen LogP contribution in [-0.2, 0) is 0 Å². The van der Waals surface area contributed by atoms with E-state index in [0.29, 0.717) is 5.02 Å². The minimum Gasteiger partial charge on any atom is -0.212 e. The lowest BCUT2D eigenvalue weighted by atomic mass is 9.97. The lowest BCUT2D eigenvalue weighted by Gasteiger charge is -2.10. The first-order chi connectivity index (χ1) is 12.8. The average Bonchev–Trinajstić information content (AvgIpc) is 3.13. The van der Waals surface area contributed by atoms with E-state index < -0.39 is 0 Å². The summed E-state index contributed by atoms with van der Waals surface area (Å²) in [6.07, 6.45) is 0. The van der Waals surface area contributed by atoms with Crippen LogP contribution in [-0.4, -0.2) is 15.0 Å². The Morgan fingerprint density at radius 2 is 1.42 bits per heavy atom. The molecule has 0 saturated carbocycles. The van der Waals surface area contributed by atoms with Crippen molar-refractivity contribution in [2.24, 2.45) is 0 Å². The van der Waals surface area contributed by atoms with Crippen molar-refractivity contribution in [1.82, 2.24) is 15.0 Å². The Morgan fingerprint density at radius 1 is 0.731 bits per heavy atom. The number of benzene rings is 4. The summed E-state index contributed by atoms with van der Waals surface area (Å²) in [6.45, 7) is 0. The molecule has 0 spiro atoms. The number of rotatable bonds is 2. The second-order valence-corrected chi connectivity index (χ2v) is 6.62. The van der Waals surface area contributed by atoms with Crippen molar-refractivity contribution in [3.05, 3.63) is 90.0 Å². The Labute approximate surface area is 155 Å². The fourth-order valence-electron chi connectivity index (χ4n) is 3.40. The van der Waals surface area contributed by atoms with Crippen LogP contribution in [0.15, 0.2) is 84.9 Å². The van der Waals surface area contributed by atoms with Gasteiger partial charge in [0.25, 0.3) is 0 Å². The Kier molecular flexibility index (Phi) is 3.47. The molecule has 3 nitrogen and oxygen atoms in total. The number of halogens is 1. The summed E-state index contributed by atoms with van der Waals surface area (Å²) in [6, 6.07) is 28.5. The molecule has 0 aliphatic heterocycles. The van der Waals surface area contributed by atoms with E-state index in [1.54, 1.807) is 0 Å². The molecule has 0 fully saturated rings. The van der Waals surface area contributed by atoms with E-state index in [9.17, 15) is 0 Å². The van der Waals surface area contributed by atoms with E-state index in [0.717, 1.165) is 27.7 Å². The van der Waals surface area contributed by atoms with Crippen LogP contribution in [0.2, 0.25) is 5.02 Å². The Bertz CT molecular complexity index is 1230. The molecule has 0 N–H and O–H groups in total. The number of hydrogen-bond acceptors (Lipinski definition) is 2. The van der Waals surface area contributed by atoms with Crippen molar-refractivity contribution in [2.75, 3.05) is 0 Å². The van der Waals surface area contributed by atoms with Gasteiger partial charge >= 0.3 is 0 Å². The summed E-state index contributed by atoms with van der Waals surface area (Å²) in [5.74, 6) is 0. The van der Waals surface area contributed by atoms with Gasteiger partial charge in [-0.1, -0.05) is 71.4 Å². The molecule has 4 heteroatoms. The normalized spacial score (nSPS) is 11.3. The maximum atomic E-state index is 6.03. The first-order valence-electron chi connectivity index (χ1n) is 8.40. The molecule has 0 amide bonds. The molecule has 0 unspecified atom stereocenters. The largest absolute Gasteiger partial charge is 0.212 e. The van der Waals surface area contributed by atoms with E-state index in [4.69, 9.17) is 11.6 Å². The van der Waals surface area contributed by atoms with Crippen LogP contribution >= 0.6 is 11.6 Å². The Balaban J connectivity index is 1.86. The van der Waals surface area contributed by atoms with Gasteiger partial charge in [-0.15, -0.1) is 5.10 Å². The van der Waals surface area contributed by atoms with Crippen LogP contribution in [0, 0.1) is 0 Å². The number of aromatic nitrogens is 3. The van der Waals surface area contributed by atoms with Crippen molar-refractivity contribution in [1.29, 1.82) is 0 Å². The van der Waals surface area contributed by atoms with Crippen LogP contribution in [0.4, 0.5) is 0 Å². The maximum absolute atomic E-state index is 6.03. The third-order valence-corrected chi connectivity index (χ3v) is 4.86. The SMILES string of the molecule is Clc1ccc(-n2nnc3cc(-c4ccccc4)c4ccccc4c32)cc1. The van der Waals surface area contributed by atoms with Gasteiger partial charge in [-0.25, -0.2) is 4.68 Å². The van der Waals surface area contributed by atoms with E-state index in [1.165, 1.54) is 10.9 Å². The van der Waals surface area contributed by atoms with Gasteiger partial charge in [-0.2, -0.15) is 0 Å². The number of hydrogen-bond donors (Lipinski definition) is 0. The monoisotopic (exact) mass is 355 g/mol. The summed E-state index contributed by atoms with van der Waals surface area (Å²) in [5, 5.41) is 11.9. The van der Waals surface area contributed by atoms with Crippen molar-refractivity contribution in [3.8, 4) is 16.8 Å². The van der Waals surface area contributed by atoms with Crippen molar-refractivity contribution < 1.29 is 0 Å². The smallest absolute Gasteiger partial charge is 0.114 e. The number of nitrogens with zero attached hydrogens (tertiary/aromatic N) is 3. The maximum Gasteiger partial charge on any atom is 0.114 e. The molecule has 26 heavy (non-hydrogen) atoms. The van der Waals surface area contributed by atoms with Gasteiger partial charge in [0, 0.05) is 10.4 Å². The van der Waals surface area contributed by atoms with E-state index in [-0.39, 0.29) is 0 Å². The lowest BCUT2D eigenvalue weighted by Crippen LogP contribution is -1.97. The van der Waals surface area contributed by atoms with Gasteiger partial charge in [0.2, 0.25) is 0 Å². The molecule has 0 aliphatic rings. The predicted molar refractivity (Wildman–Crippen MR) is 107 cm³/mol. The minimum absolute atomic E-state index is 0.703. The second kappa shape index (κ2) is 5.97. The van der Waals surface area contributed by atoms with Gasteiger partial charge in [0.05, 0.1) is 5.69 Å². The molecule has 0 radical (unpaired) electrons. The third-order valence-electron chi connectivity index (χ3n) is 4.61. The minimum atomic E-state index is 0.703. The molecule has 124 valence electrons. The summed E-state index contributed by atoms with van der Waals surface area (Å²) < 4.78 is 1.88. The Hall–Kier alpha value is -3.17. The zero-order valence-corrected chi connectivity index (χ0v) is 14.6. The molecule has 5 rings (SSSR count). The molecular weight excluding hydrogens is 342 g/mol. The highest BCUT2D eigenvalue weighted by Gasteiger charge is 2.14. The van der Waals surface area contributed by atoms with Gasteiger partial charge in [0.1, 0.15) is 11.0 Å². The molecule has 5 aromatic rings. The van der Waals surface area contributed by atoms with Gasteiger partial charge in [-0.05, 0) is 46.8 Å². The highest BCUT2D eigenvalue weighted by molar-refractivity contribution is 6.30. The molecule has 4 aromatic carbocycles. The van der Waals surface area contributed by atoms with Crippen molar-refractivity contribution in [2.45, 2.75) is 0 Å². The molecule has 0 aliphatic carbocycles. The molecular formula is C22H14ClN3. The number of fused-ring (bicyclic) bond motifs is 3. The predicted octanol–water partition coefficient (Wildman–Crippen LogP) is 5.89. The van der Waals surface area contributed by atoms with Crippen LogP contribution in [0.1, 0.15) is 0 Å². The quantitative estimate of drug-likeness (QED) is 0.395. The van der Waals surface area contributed by atoms with E-state index in [2.05, 4.69) is 64.9 Å². The molecule has 0 bridgehead atoms. The fourth-order valence-corrected chi connectivity index (χ4v) is 3.53. The second-order valence-electron chi connectivity index (χ2n) is 6.18. The first-order valence-corrected chi connectivity index (χ1v) is 8.77. The van der Waals surface area contributed by atoms with Gasteiger partial charge < -0.3 is 0 Å². The fraction of sp³-hybridized carbons (Fsp3) is 0.